The second-order valence-electron chi connectivity index (χ2n) is 4.58. The molecule has 0 fully saturated rings. The molecule has 1 N–H and O–H groups in total. The Balaban J connectivity index is 2.37. The van der Waals surface area contributed by atoms with Gasteiger partial charge in [0.2, 0.25) is 0 Å². The number of hydrogen-bond acceptors (Lipinski definition) is 1. The fourth-order valence-electron chi connectivity index (χ4n) is 1.81. The topological polar surface area (TPSA) is 12.0 Å². The molecule has 1 nitrogen and oxygen atoms in total. The van der Waals surface area contributed by atoms with Gasteiger partial charge in [0, 0.05) is 4.47 Å². The Kier molecular flexibility index (Phi) is 6.75. The average Bonchev–Trinajstić information content (AvgIpc) is 2.28. The lowest BCUT2D eigenvalue weighted by atomic mass is 9.98. The third-order valence-corrected chi connectivity index (χ3v) is 3.56. The van der Waals surface area contributed by atoms with E-state index in [1.807, 2.05) is 6.07 Å². The van der Waals surface area contributed by atoms with Crippen LogP contribution in [0.4, 0.5) is 4.39 Å². The molecular weight excluding hydrogens is 281 g/mol. The molecular formula is C14H21BrFN. The smallest absolute Gasteiger partial charge is 0.124 e. The lowest BCUT2D eigenvalue weighted by molar-refractivity contribution is 0.497. The Bertz CT molecular complexity index is 341. The number of halogens is 2. The Labute approximate surface area is 112 Å². The van der Waals surface area contributed by atoms with E-state index in [0.717, 1.165) is 30.4 Å². The first-order chi connectivity index (χ1) is 8.13. The minimum Gasteiger partial charge on any atom is -0.317 e. The predicted molar refractivity (Wildman–Crippen MR) is 74.7 cm³/mol. The van der Waals surface area contributed by atoms with E-state index in [-0.39, 0.29) is 5.82 Å². The van der Waals surface area contributed by atoms with Gasteiger partial charge in [0.25, 0.3) is 0 Å². The Morgan fingerprint density at radius 1 is 1.35 bits per heavy atom. The van der Waals surface area contributed by atoms with Crippen LogP contribution in [0.3, 0.4) is 0 Å². The van der Waals surface area contributed by atoms with Crippen LogP contribution in [0.5, 0.6) is 0 Å². The molecule has 0 aromatic heterocycles. The molecule has 0 saturated carbocycles. The van der Waals surface area contributed by atoms with Gasteiger partial charge in [-0.25, -0.2) is 4.39 Å². The minimum absolute atomic E-state index is 0.183. The molecule has 3 heteroatoms. The lowest BCUT2D eigenvalue weighted by Gasteiger charge is -2.13. The van der Waals surface area contributed by atoms with Gasteiger partial charge in [0.15, 0.2) is 0 Å². The highest BCUT2D eigenvalue weighted by atomic mass is 79.9. The molecule has 1 rings (SSSR count). The summed E-state index contributed by atoms with van der Waals surface area (Å²) >= 11 is 3.41. The molecule has 1 aromatic rings. The first kappa shape index (κ1) is 14.7. The quantitative estimate of drug-likeness (QED) is 0.746. The van der Waals surface area contributed by atoms with Gasteiger partial charge < -0.3 is 5.32 Å². The van der Waals surface area contributed by atoms with Crippen molar-refractivity contribution in [3.8, 4) is 0 Å². The van der Waals surface area contributed by atoms with Crippen LogP contribution in [0.1, 0.15) is 32.3 Å². The van der Waals surface area contributed by atoms with Gasteiger partial charge in [-0.1, -0.05) is 35.8 Å². The number of benzene rings is 1. The van der Waals surface area contributed by atoms with E-state index in [4.69, 9.17) is 0 Å². The summed E-state index contributed by atoms with van der Waals surface area (Å²) in [6.07, 6.45) is 3.33. The van der Waals surface area contributed by atoms with Crippen molar-refractivity contribution >= 4 is 15.9 Å². The summed E-state index contributed by atoms with van der Waals surface area (Å²) in [7, 11) is 0. The van der Waals surface area contributed by atoms with Crippen molar-refractivity contribution in [2.75, 3.05) is 13.1 Å². The van der Waals surface area contributed by atoms with Crippen molar-refractivity contribution in [2.24, 2.45) is 5.92 Å². The van der Waals surface area contributed by atoms with Crippen molar-refractivity contribution in [3.05, 3.63) is 34.1 Å². The van der Waals surface area contributed by atoms with Crippen LogP contribution in [-0.2, 0) is 6.42 Å². The van der Waals surface area contributed by atoms with Crippen molar-refractivity contribution < 1.29 is 4.39 Å². The Hall–Kier alpha value is -0.410. The summed E-state index contributed by atoms with van der Waals surface area (Å²) in [5.74, 6) is 0.430. The third-order valence-electron chi connectivity index (χ3n) is 2.82. The second-order valence-corrected chi connectivity index (χ2v) is 5.44. The van der Waals surface area contributed by atoms with Crippen LogP contribution in [0, 0.1) is 11.7 Å². The van der Waals surface area contributed by atoms with E-state index in [1.54, 1.807) is 0 Å². The summed E-state index contributed by atoms with van der Waals surface area (Å²) in [5.41, 5.74) is 1.19. The Morgan fingerprint density at radius 2 is 2.12 bits per heavy atom. The number of rotatable bonds is 7. The van der Waals surface area contributed by atoms with E-state index in [2.05, 4.69) is 35.1 Å². The fourth-order valence-corrected chi connectivity index (χ4v) is 2.33. The fraction of sp³-hybridized carbons (Fsp3) is 0.571. The molecule has 0 saturated heterocycles. The molecule has 0 aliphatic carbocycles. The predicted octanol–water partition coefficient (Wildman–Crippen LogP) is 4.16. The summed E-state index contributed by atoms with van der Waals surface area (Å²) in [5, 5.41) is 3.40. The van der Waals surface area contributed by atoms with Crippen LogP contribution >= 0.6 is 15.9 Å². The standard InChI is InChI=1S/C14H21BrFN/c1-3-7-17-8-6-11(2)9-12-4-5-13(16)10-14(12)15/h4-5,10-11,17H,3,6-9H2,1-2H3. The lowest BCUT2D eigenvalue weighted by Crippen LogP contribution is -2.18. The van der Waals surface area contributed by atoms with E-state index < -0.39 is 0 Å². The molecule has 0 heterocycles. The molecule has 0 bridgehead atoms. The molecule has 1 atom stereocenters. The summed E-state index contributed by atoms with van der Waals surface area (Å²) < 4.78 is 13.8. The van der Waals surface area contributed by atoms with Gasteiger partial charge in [-0.05, 0) is 56.0 Å². The Morgan fingerprint density at radius 3 is 2.76 bits per heavy atom. The molecule has 0 amide bonds. The third kappa shape index (κ3) is 5.64. The van der Waals surface area contributed by atoms with Crippen LogP contribution in [0.2, 0.25) is 0 Å². The monoisotopic (exact) mass is 301 g/mol. The van der Waals surface area contributed by atoms with Crippen molar-refractivity contribution in [1.82, 2.24) is 5.32 Å². The van der Waals surface area contributed by atoms with Gasteiger partial charge in [0.1, 0.15) is 5.82 Å². The largest absolute Gasteiger partial charge is 0.317 e. The highest BCUT2D eigenvalue weighted by molar-refractivity contribution is 9.10. The van der Waals surface area contributed by atoms with Crippen LogP contribution < -0.4 is 5.32 Å². The number of nitrogens with one attached hydrogen (secondary N) is 1. The van der Waals surface area contributed by atoms with Gasteiger partial charge in [-0.3, -0.25) is 0 Å². The molecule has 0 aliphatic heterocycles. The summed E-state index contributed by atoms with van der Waals surface area (Å²) in [6, 6.07) is 4.94. The van der Waals surface area contributed by atoms with Crippen LogP contribution in [-0.4, -0.2) is 13.1 Å². The maximum absolute atomic E-state index is 12.9. The summed E-state index contributed by atoms with van der Waals surface area (Å²) in [6.45, 7) is 6.57. The van der Waals surface area contributed by atoms with Crippen molar-refractivity contribution in [2.45, 2.75) is 33.1 Å². The normalized spacial score (nSPS) is 12.7. The first-order valence-electron chi connectivity index (χ1n) is 6.28. The van der Waals surface area contributed by atoms with Gasteiger partial charge in [0.05, 0.1) is 0 Å². The van der Waals surface area contributed by atoms with Gasteiger partial charge in [-0.2, -0.15) is 0 Å². The maximum Gasteiger partial charge on any atom is 0.124 e. The first-order valence-corrected chi connectivity index (χ1v) is 7.07. The van der Waals surface area contributed by atoms with Crippen LogP contribution in [0.25, 0.3) is 0 Å². The minimum atomic E-state index is -0.183. The molecule has 96 valence electrons. The van der Waals surface area contributed by atoms with E-state index in [9.17, 15) is 4.39 Å². The average molecular weight is 302 g/mol. The highest BCUT2D eigenvalue weighted by Crippen LogP contribution is 2.21. The van der Waals surface area contributed by atoms with Gasteiger partial charge in [-0.15, -0.1) is 0 Å². The van der Waals surface area contributed by atoms with Crippen molar-refractivity contribution in [1.29, 1.82) is 0 Å². The van der Waals surface area contributed by atoms with E-state index in [0.29, 0.717) is 5.92 Å². The molecule has 0 spiro atoms. The van der Waals surface area contributed by atoms with Crippen LogP contribution in [0.15, 0.2) is 22.7 Å². The van der Waals surface area contributed by atoms with Gasteiger partial charge >= 0.3 is 0 Å². The molecule has 1 aromatic carbocycles. The molecule has 17 heavy (non-hydrogen) atoms. The summed E-state index contributed by atoms with van der Waals surface area (Å²) in [4.78, 5) is 0. The zero-order valence-corrected chi connectivity index (χ0v) is 12.2. The highest BCUT2D eigenvalue weighted by Gasteiger charge is 2.07. The number of hydrogen-bond donors (Lipinski definition) is 1. The zero-order chi connectivity index (χ0) is 12.7. The second kappa shape index (κ2) is 7.83. The molecule has 0 radical (unpaired) electrons. The molecule has 0 aliphatic rings. The SMILES string of the molecule is CCCNCCC(C)Cc1ccc(F)cc1Br. The molecule has 1 unspecified atom stereocenters. The van der Waals surface area contributed by atoms with Crippen molar-refractivity contribution in [3.63, 3.8) is 0 Å². The zero-order valence-electron chi connectivity index (χ0n) is 10.6. The van der Waals surface area contributed by atoms with E-state index in [1.165, 1.54) is 24.1 Å². The van der Waals surface area contributed by atoms with E-state index >= 15 is 0 Å². The maximum atomic E-state index is 12.9.